The maximum absolute atomic E-state index is 13.0. The van der Waals surface area contributed by atoms with Gasteiger partial charge in [-0.05, 0) is 85.6 Å². The summed E-state index contributed by atoms with van der Waals surface area (Å²) >= 11 is 35.8. The second-order valence-corrected chi connectivity index (χ2v) is 36.9. The Morgan fingerprint density at radius 2 is 0.700 bits per heavy atom. The fourth-order valence-electron chi connectivity index (χ4n) is 16.8. The van der Waals surface area contributed by atoms with Crippen LogP contribution in [0.5, 0.6) is 0 Å². The molecule has 45 nitrogen and oxygen atoms in total. The lowest BCUT2D eigenvalue weighted by molar-refractivity contribution is 0.102. The fourth-order valence-corrected chi connectivity index (χ4v) is 17.6. The van der Waals surface area contributed by atoms with Crippen molar-refractivity contribution < 1.29 is 24.0 Å². The van der Waals surface area contributed by atoms with E-state index < -0.39 is 23.6 Å². The summed E-state index contributed by atoms with van der Waals surface area (Å²) in [7, 11) is 6.32. The quantitative estimate of drug-likeness (QED) is 0.0401. The van der Waals surface area contributed by atoms with Crippen LogP contribution >= 0.6 is 69.6 Å². The Hall–Kier alpha value is -14.3. The Labute approximate surface area is 831 Å². The lowest BCUT2D eigenvalue weighted by atomic mass is 9.99. The number of pyridine rings is 5. The minimum absolute atomic E-state index is 0.0128. The van der Waals surface area contributed by atoms with E-state index in [1.54, 1.807) is 86.6 Å². The number of piperidine rings is 1. The summed E-state index contributed by atoms with van der Waals surface area (Å²) in [4.78, 5) is 127. The number of carbonyl (C=O) groups excluding carboxylic acids is 5. The highest BCUT2D eigenvalue weighted by molar-refractivity contribution is 6.32. The van der Waals surface area contributed by atoms with Crippen LogP contribution in [0.25, 0.3) is 28.2 Å². The zero-order valence-electron chi connectivity index (χ0n) is 77.2. The van der Waals surface area contributed by atoms with Crippen LogP contribution in [0, 0.1) is 0 Å². The smallest absolute Gasteiger partial charge is 0.263 e. The van der Waals surface area contributed by atoms with Gasteiger partial charge in [-0.25, -0.2) is 52.5 Å². The van der Waals surface area contributed by atoms with Gasteiger partial charge in [-0.1, -0.05) is 76.5 Å². The minimum atomic E-state index is -0.429. The average molecular weight is 2020 g/mol. The molecule has 5 saturated heterocycles. The van der Waals surface area contributed by atoms with E-state index in [0.717, 1.165) is 153 Å². The molecule has 0 aromatic carbocycles. The molecule has 51 heteroatoms. The molecule has 20 heterocycles. The number of likely N-dealkylation sites (N-methyl/N-ethyl adjacent to an activating group) is 4. The Morgan fingerprint density at radius 3 is 1.04 bits per heavy atom. The normalized spacial score (nSPS) is 16.5. The van der Waals surface area contributed by atoms with Gasteiger partial charge < -0.3 is 100 Å². The molecule has 20 rings (SSSR count). The molecular formula is C89H102Cl6N40O5. The predicted molar refractivity (Wildman–Crippen MR) is 545 cm³/mol. The molecule has 15 aromatic rings. The number of fused-ring (bicyclic) bond motifs is 5. The van der Waals surface area contributed by atoms with E-state index in [1.807, 2.05) is 24.3 Å². The van der Waals surface area contributed by atoms with Crippen molar-refractivity contribution in [2.45, 2.75) is 58.2 Å². The first-order valence-corrected chi connectivity index (χ1v) is 46.8. The number of carbonyl (C=O) groups is 5. The highest BCUT2D eigenvalue weighted by atomic mass is 35.5. The molecule has 730 valence electrons. The molecule has 2 atom stereocenters. The molecule has 5 amide bonds. The maximum Gasteiger partial charge on any atom is 0.263 e. The van der Waals surface area contributed by atoms with Gasteiger partial charge in [-0.15, -0.1) is 25.5 Å². The first kappa shape index (κ1) is 98.8. The Kier molecular flexibility index (Phi) is 30.3. The van der Waals surface area contributed by atoms with Crippen LogP contribution in [0.3, 0.4) is 0 Å². The van der Waals surface area contributed by atoms with E-state index >= 15 is 0 Å². The number of hydrogen-bond donors (Lipinski definition) is 11. The molecule has 0 aliphatic carbocycles. The fraction of sp³-hybridized carbons (Fsp3) is 0.326. The molecule has 5 aliphatic rings. The highest BCUT2D eigenvalue weighted by Gasteiger charge is 2.35. The second kappa shape index (κ2) is 43.0. The number of piperazine rings is 4. The summed E-state index contributed by atoms with van der Waals surface area (Å²) in [5.41, 5.74) is 46.1. The van der Waals surface area contributed by atoms with Gasteiger partial charge in [0.05, 0.1) is 144 Å². The number of nitrogens with two attached hydrogens (primary N) is 6. The van der Waals surface area contributed by atoms with Crippen molar-refractivity contribution in [1.82, 2.24) is 118 Å². The summed E-state index contributed by atoms with van der Waals surface area (Å²) in [6, 6.07) is 9.87. The molecule has 0 spiro atoms. The van der Waals surface area contributed by atoms with Crippen molar-refractivity contribution in [2.75, 3.05) is 212 Å². The third kappa shape index (κ3) is 22.4. The van der Waals surface area contributed by atoms with E-state index in [9.17, 15) is 24.0 Å². The monoisotopic (exact) mass is 2020 g/mol. The standard InChI is InChI=1S/C19H23ClN8O.2C18H21ClN8O.C17H18Cl2N8O.C17H19ClN8O/c1-19(2)11-27(7-6-26(19)3)14-4-5-22-9-13(14)24-18(29)15-16(21)25-28-10-12(20)8-23-17(15)28;1-11-9-26(6-5-25(11)2)14-3-4-21-8-13(14)23-18(28)15-16(20)24-27-10-12(19)7-22-17(15)27;1-2-25-5-7-26(8-6-25)14-3-4-21-10-13(14)23-18(28)15-16(20)24-27-11-12(19)9-22-17(15)27;1-25-2-4-26(5-3-25)12-6-13(19)21-8-11(12)23-17(28)14-15(20)24-27-9-10(18)7-22-16(14)27;18-10-6-22-16-14(15(20)24-26(16)8-10)17(27)23-12-7-21-4-3-13(12)25-5-1-2-11(19)9-25/h4-5,8-10H,6-7,11H2,1-3H3,(H2,21,25)(H,24,29);3-4,7-8,10-11H,5-6,9H2,1-2H3,(H2,20,24)(H,23,28);3-4,9-11H,2,5-8H2,1H3,(H2,20,24)(H,23,28);6-9H,2-5H2,1H3,(H2,20,24)(H,23,28);3-4,6-8,11H,1-2,5,9,19H2,(H2,20,24)(H,23,27). The van der Waals surface area contributed by atoms with Crippen LogP contribution < -0.4 is 85.5 Å². The van der Waals surface area contributed by atoms with Gasteiger partial charge in [0, 0.05) is 184 Å². The number of anilines is 15. The van der Waals surface area contributed by atoms with Crippen molar-refractivity contribution in [1.29, 1.82) is 0 Å². The topological polar surface area (TPSA) is 546 Å². The van der Waals surface area contributed by atoms with Gasteiger partial charge in [0.15, 0.2) is 57.3 Å². The van der Waals surface area contributed by atoms with Crippen molar-refractivity contribution in [3.05, 3.63) is 206 Å². The van der Waals surface area contributed by atoms with Crippen LogP contribution in [0.4, 0.5) is 86.0 Å². The van der Waals surface area contributed by atoms with Gasteiger partial charge in [-0.2, -0.15) is 0 Å². The van der Waals surface area contributed by atoms with Crippen LogP contribution in [-0.4, -0.2) is 297 Å². The molecule has 17 N–H and O–H groups in total. The Balaban J connectivity index is 0.000000126. The molecule has 0 bridgehead atoms. The van der Waals surface area contributed by atoms with Gasteiger partial charge in [0.2, 0.25) is 0 Å². The lowest BCUT2D eigenvalue weighted by Crippen LogP contribution is -2.57. The van der Waals surface area contributed by atoms with Gasteiger partial charge in [-0.3, -0.25) is 48.8 Å². The number of rotatable bonds is 16. The third-order valence-corrected chi connectivity index (χ3v) is 25.7. The molecule has 15 aromatic heterocycles. The Bertz CT molecular complexity index is 7100. The number of aromatic nitrogens is 20. The molecule has 2 unspecified atom stereocenters. The van der Waals surface area contributed by atoms with Crippen LogP contribution in [0.2, 0.25) is 30.3 Å². The van der Waals surface area contributed by atoms with Crippen molar-refractivity contribution in [3.8, 4) is 0 Å². The van der Waals surface area contributed by atoms with Crippen LogP contribution in [0.1, 0.15) is 92.3 Å². The summed E-state index contributed by atoms with van der Waals surface area (Å²) < 4.78 is 6.98. The number of nitrogen functional groups attached to an aromatic ring is 5. The zero-order valence-corrected chi connectivity index (χ0v) is 81.7. The van der Waals surface area contributed by atoms with Crippen molar-refractivity contribution in [3.63, 3.8) is 0 Å². The SMILES string of the molecule is CC1CN(c2ccncc2NC(=O)c2c(N)nn3cc(Cl)cnc23)CCN1C.CCN1CCN(c2ccncc2NC(=O)c2c(N)nn3cc(Cl)cnc23)CC1.CN1CCN(c2cc(Cl)ncc2NC(=O)c2c(N)nn3cc(Cl)cnc23)CC1.CN1CCN(c2ccncc2NC(=O)c2c(N)nn3cc(Cl)cnc23)CC1(C)C.Nc1nn2cc(Cl)cnc2c1C(=O)Nc1cnccc1N1CCCC(N)C1. The molecule has 5 fully saturated rings. The van der Waals surface area contributed by atoms with Gasteiger partial charge in [0.25, 0.3) is 29.5 Å². The number of nitrogens with zero attached hydrogens (tertiary/aromatic N) is 29. The molecule has 0 saturated carbocycles. The number of amides is 5. The first-order valence-electron chi connectivity index (χ1n) is 44.5. The number of nitrogens with one attached hydrogen (secondary N) is 5. The molecular weight excluding hydrogens is 1920 g/mol. The van der Waals surface area contributed by atoms with Crippen molar-refractivity contribution in [2.24, 2.45) is 5.73 Å². The summed E-state index contributed by atoms with van der Waals surface area (Å²) in [6.07, 6.45) is 31.9. The van der Waals surface area contributed by atoms with E-state index in [1.165, 1.54) is 59.8 Å². The third-order valence-electron chi connectivity index (χ3n) is 24.5. The lowest BCUT2D eigenvalue weighted by Gasteiger charge is -2.46. The summed E-state index contributed by atoms with van der Waals surface area (Å²) in [5, 5.41) is 37.5. The predicted octanol–water partition coefficient (Wildman–Crippen LogP) is 9.21. The maximum atomic E-state index is 13.0. The molecule has 140 heavy (non-hydrogen) atoms. The van der Waals surface area contributed by atoms with Crippen LogP contribution in [0.15, 0.2) is 148 Å². The van der Waals surface area contributed by atoms with Gasteiger partial charge >= 0.3 is 0 Å². The molecule has 5 aliphatic heterocycles. The van der Waals surface area contributed by atoms with E-state index in [4.69, 9.17) is 104 Å². The van der Waals surface area contributed by atoms with Crippen LogP contribution in [-0.2, 0) is 0 Å². The average Bonchev–Trinajstić information content (AvgIpc) is 1.63. The molecule has 0 radical (unpaired) electrons. The van der Waals surface area contributed by atoms with E-state index in [2.05, 4.69) is 195 Å². The summed E-state index contributed by atoms with van der Waals surface area (Å²) in [5.74, 6) is -1.60. The zero-order chi connectivity index (χ0) is 99.1. The van der Waals surface area contributed by atoms with Crippen molar-refractivity contribution >= 4 is 213 Å². The van der Waals surface area contributed by atoms with Gasteiger partial charge in [0.1, 0.15) is 33.0 Å². The van der Waals surface area contributed by atoms with E-state index in [-0.39, 0.29) is 74.4 Å². The largest absolute Gasteiger partial charge is 0.381 e. The minimum Gasteiger partial charge on any atom is -0.381 e. The first-order chi connectivity index (χ1) is 67.2. The van der Waals surface area contributed by atoms with E-state index in [0.29, 0.717) is 93.0 Å². The number of halogens is 6. The second-order valence-electron chi connectivity index (χ2n) is 34.4. The number of hydrogen-bond acceptors (Lipinski definition) is 35. The summed E-state index contributed by atoms with van der Waals surface area (Å²) in [6.45, 7) is 23.9. The Morgan fingerprint density at radius 1 is 0.386 bits per heavy atom. The highest BCUT2D eigenvalue weighted by Crippen LogP contribution is 2.37.